The minimum atomic E-state index is 0.778. The molecule has 0 aliphatic heterocycles. The van der Waals surface area contributed by atoms with E-state index in [0.717, 1.165) is 36.5 Å². The van der Waals surface area contributed by atoms with Gasteiger partial charge in [0.15, 0.2) is 0 Å². The summed E-state index contributed by atoms with van der Waals surface area (Å²) in [5, 5.41) is 8.48. The fourth-order valence-electron chi connectivity index (χ4n) is 5.26. The third-order valence-electron chi connectivity index (χ3n) is 7.34. The Labute approximate surface area is 184 Å². The van der Waals surface area contributed by atoms with Crippen molar-refractivity contribution in [2.45, 2.75) is 83.5 Å². The predicted molar refractivity (Wildman–Crippen MR) is 128 cm³/mol. The van der Waals surface area contributed by atoms with Gasteiger partial charge in [0.2, 0.25) is 0 Å². The molecule has 1 aromatic rings. The van der Waals surface area contributed by atoms with Crippen LogP contribution in [-0.4, -0.2) is 0 Å². The Morgan fingerprint density at radius 1 is 0.867 bits per heavy atom. The quantitative estimate of drug-likeness (QED) is 0.244. The zero-order chi connectivity index (χ0) is 21.0. The molecule has 1 nitrogen and oxygen atoms in total. The lowest BCUT2D eigenvalue weighted by molar-refractivity contribution is 0.295. The van der Waals surface area contributed by atoms with E-state index in [1.807, 2.05) is 18.2 Å². The lowest BCUT2D eigenvalue weighted by Crippen LogP contribution is -2.14. The molecule has 0 N–H and O–H groups in total. The van der Waals surface area contributed by atoms with E-state index in [0.29, 0.717) is 0 Å². The van der Waals surface area contributed by atoms with Crippen LogP contribution in [0.4, 0.5) is 0 Å². The smallest absolute Gasteiger partial charge is 0.0912 e. The summed E-state index contributed by atoms with van der Waals surface area (Å²) in [5.41, 5.74) is 3.01. The van der Waals surface area contributed by atoms with Gasteiger partial charge in [0.1, 0.15) is 0 Å². The summed E-state index contributed by atoms with van der Waals surface area (Å²) in [6.07, 6.45) is 27.2. The highest BCUT2D eigenvalue weighted by molar-refractivity contribution is 5.26. The van der Waals surface area contributed by atoms with Crippen molar-refractivity contribution < 1.29 is 0 Å². The Morgan fingerprint density at radius 3 is 2.10 bits per heavy atom. The molecule has 0 radical (unpaired) electrons. The van der Waals surface area contributed by atoms with Crippen LogP contribution >= 0.6 is 0 Å². The lowest BCUT2D eigenvalue weighted by atomic mass is 9.77. The molecule has 1 aromatic carbocycles. The molecule has 30 heavy (non-hydrogen) atoms. The van der Waals surface area contributed by atoms with Gasteiger partial charge in [-0.15, -0.1) is 0 Å². The van der Waals surface area contributed by atoms with E-state index in [1.54, 1.807) is 5.56 Å². The third-order valence-corrected chi connectivity index (χ3v) is 7.34. The van der Waals surface area contributed by atoms with Gasteiger partial charge in [-0.2, -0.15) is 5.26 Å². The molecule has 3 rings (SSSR count). The summed E-state index contributed by atoms with van der Waals surface area (Å²) in [7, 11) is 0. The second-order valence-corrected chi connectivity index (χ2v) is 9.37. The predicted octanol–water partition coefficient (Wildman–Crippen LogP) is 8.30. The molecule has 0 amide bonds. The standard InChI is InChI=1S/C29H39N/c1-2-24-15-19-28(20-16-24)29-21-17-27(18-22-29)14-13-26-11-9-25(10-12-26)8-6-4-3-5-7-23-30/h3-5,7,13-16,19-20,25-27,29H,2,6,8-12,17-18,21-22H2,1H3/b4-3?,7-5?,14-13+/t25-,26-,27-,29-. The maximum absolute atomic E-state index is 8.48. The number of hydrogen-bond donors (Lipinski definition) is 0. The van der Waals surface area contributed by atoms with Crippen LogP contribution in [0.5, 0.6) is 0 Å². The highest BCUT2D eigenvalue weighted by atomic mass is 14.3. The van der Waals surface area contributed by atoms with Gasteiger partial charge in [-0.05, 0) is 105 Å². The van der Waals surface area contributed by atoms with Crippen LogP contribution in [0.3, 0.4) is 0 Å². The number of allylic oxidation sites excluding steroid dienone is 6. The van der Waals surface area contributed by atoms with E-state index in [9.17, 15) is 0 Å². The molecular weight excluding hydrogens is 362 g/mol. The minimum Gasteiger partial charge on any atom is -0.193 e. The molecule has 0 saturated heterocycles. The van der Waals surface area contributed by atoms with E-state index >= 15 is 0 Å². The van der Waals surface area contributed by atoms with E-state index in [-0.39, 0.29) is 0 Å². The number of aryl methyl sites for hydroxylation is 1. The molecule has 1 heteroatoms. The second-order valence-electron chi connectivity index (χ2n) is 9.37. The van der Waals surface area contributed by atoms with Gasteiger partial charge in [-0.25, -0.2) is 0 Å². The zero-order valence-electron chi connectivity index (χ0n) is 18.8. The van der Waals surface area contributed by atoms with E-state index in [4.69, 9.17) is 5.26 Å². The fraction of sp³-hybridized carbons (Fsp3) is 0.552. The zero-order valence-corrected chi connectivity index (χ0v) is 18.8. The number of benzene rings is 1. The van der Waals surface area contributed by atoms with Crippen molar-refractivity contribution in [2.24, 2.45) is 17.8 Å². The molecule has 0 unspecified atom stereocenters. The summed E-state index contributed by atoms with van der Waals surface area (Å²) in [5.74, 6) is 3.30. The third kappa shape index (κ3) is 7.32. The first-order valence-corrected chi connectivity index (χ1v) is 12.3. The highest BCUT2D eigenvalue weighted by Crippen LogP contribution is 2.37. The van der Waals surface area contributed by atoms with Crippen LogP contribution < -0.4 is 0 Å². The van der Waals surface area contributed by atoms with Crippen LogP contribution in [0.1, 0.15) is 88.2 Å². The van der Waals surface area contributed by atoms with Crippen molar-refractivity contribution in [3.8, 4) is 6.07 Å². The van der Waals surface area contributed by atoms with Crippen molar-refractivity contribution in [3.63, 3.8) is 0 Å². The number of nitrogens with zero attached hydrogens (tertiary/aromatic N) is 1. The summed E-state index contributed by atoms with van der Waals surface area (Å²) in [4.78, 5) is 0. The van der Waals surface area contributed by atoms with Crippen molar-refractivity contribution in [2.75, 3.05) is 0 Å². The van der Waals surface area contributed by atoms with Gasteiger partial charge < -0.3 is 0 Å². The number of hydrogen-bond acceptors (Lipinski definition) is 1. The van der Waals surface area contributed by atoms with Crippen molar-refractivity contribution in [1.29, 1.82) is 5.26 Å². The second kappa shape index (κ2) is 12.6. The van der Waals surface area contributed by atoms with Gasteiger partial charge in [0.25, 0.3) is 0 Å². The van der Waals surface area contributed by atoms with Gasteiger partial charge in [0, 0.05) is 6.08 Å². The first kappa shape index (κ1) is 22.6. The molecule has 0 aromatic heterocycles. The maximum Gasteiger partial charge on any atom is 0.0912 e. The van der Waals surface area contributed by atoms with Gasteiger partial charge in [-0.1, -0.05) is 61.6 Å². The molecular formula is C29H39N. The summed E-state index contributed by atoms with van der Waals surface area (Å²) < 4.78 is 0. The average Bonchev–Trinajstić information content (AvgIpc) is 2.81. The molecule has 0 bridgehead atoms. The minimum absolute atomic E-state index is 0.778. The fourth-order valence-corrected chi connectivity index (χ4v) is 5.26. The Kier molecular flexibility index (Phi) is 9.49. The van der Waals surface area contributed by atoms with Crippen LogP contribution in [0.25, 0.3) is 0 Å². The number of nitriles is 1. The summed E-state index contributed by atoms with van der Waals surface area (Å²) in [6.45, 7) is 2.23. The van der Waals surface area contributed by atoms with Gasteiger partial charge in [0.05, 0.1) is 6.07 Å². The Hall–Kier alpha value is -2.07. The maximum atomic E-state index is 8.48. The number of rotatable bonds is 8. The molecule has 0 atom stereocenters. The summed E-state index contributed by atoms with van der Waals surface area (Å²) in [6, 6.07) is 11.4. The molecule has 160 valence electrons. The summed E-state index contributed by atoms with van der Waals surface area (Å²) >= 11 is 0. The Morgan fingerprint density at radius 2 is 1.50 bits per heavy atom. The molecule has 2 saturated carbocycles. The van der Waals surface area contributed by atoms with Crippen LogP contribution in [0.15, 0.2) is 60.7 Å². The van der Waals surface area contributed by atoms with Crippen LogP contribution in [0, 0.1) is 29.1 Å². The van der Waals surface area contributed by atoms with Crippen molar-refractivity contribution >= 4 is 0 Å². The monoisotopic (exact) mass is 401 g/mol. The van der Waals surface area contributed by atoms with E-state index < -0.39 is 0 Å². The van der Waals surface area contributed by atoms with E-state index in [2.05, 4.69) is 49.4 Å². The van der Waals surface area contributed by atoms with Crippen LogP contribution in [0.2, 0.25) is 0 Å². The van der Waals surface area contributed by atoms with Gasteiger partial charge in [-0.3, -0.25) is 0 Å². The molecule has 2 aliphatic carbocycles. The lowest BCUT2D eigenvalue weighted by Gasteiger charge is -2.29. The van der Waals surface area contributed by atoms with Crippen LogP contribution in [-0.2, 0) is 6.42 Å². The highest BCUT2D eigenvalue weighted by Gasteiger charge is 2.22. The molecule has 0 heterocycles. The Balaban J connectivity index is 1.33. The first-order valence-electron chi connectivity index (χ1n) is 12.3. The topological polar surface area (TPSA) is 23.8 Å². The SMILES string of the molecule is CCc1ccc([C@H]2CC[C@H](/C=C/[C@H]3CC[C@H](CCC=CC=CC#N)CC3)CC2)cc1. The molecule has 2 aliphatic rings. The van der Waals surface area contributed by atoms with E-state index in [1.165, 1.54) is 69.4 Å². The average molecular weight is 402 g/mol. The normalized spacial score (nSPS) is 27.7. The van der Waals surface area contributed by atoms with Gasteiger partial charge >= 0.3 is 0 Å². The van der Waals surface area contributed by atoms with Crippen molar-refractivity contribution in [1.82, 2.24) is 0 Å². The Bertz CT molecular complexity index is 730. The van der Waals surface area contributed by atoms with Crippen molar-refractivity contribution in [3.05, 3.63) is 71.8 Å². The molecule has 2 fully saturated rings. The first-order chi connectivity index (χ1) is 14.8. The molecule has 0 spiro atoms. The largest absolute Gasteiger partial charge is 0.193 e.